The molecule has 0 N–H and O–H groups in total. The zero-order chi connectivity index (χ0) is 13.0. The van der Waals surface area contributed by atoms with Crippen molar-refractivity contribution in [2.45, 2.75) is 31.2 Å². The first-order valence-electron chi connectivity index (χ1n) is 5.88. The smallest absolute Gasteiger partial charge is 0.137 e. The fraction of sp³-hybridized carbons (Fsp3) is 0.385. The highest BCUT2D eigenvalue weighted by Crippen LogP contribution is 2.22. The number of benzene rings is 1. The number of rotatable bonds is 5. The molecule has 96 valence electrons. The molecule has 2 unspecified atom stereocenters. The predicted octanol–water partition coefficient (Wildman–Crippen LogP) is 3.73. The molecule has 2 atom stereocenters. The monoisotopic (exact) mass is 283 g/mol. The summed E-state index contributed by atoms with van der Waals surface area (Å²) in [5, 5.41) is 5.06. The number of alkyl halides is 1. The summed E-state index contributed by atoms with van der Waals surface area (Å²) in [7, 11) is 0. The van der Waals surface area contributed by atoms with Gasteiger partial charge in [0.25, 0.3) is 0 Å². The second-order valence-electron chi connectivity index (χ2n) is 4.38. The molecule has 0 saturated heterocycles. The van der Waals surface area contributed by atoms with Crippen molar-refractivity contribution in [2.24, 2.45) is 0 Å². The Balaban J connectivity index is 2.12. The number of aromatic nitrogens is 3. The molecule has 0 aliphatic rings. The maximum atomic E-state index is 6.10. The van der Waals surface area contributed by atoms with E-state index in [0.717, 1.165) is 17.9 Å². The Hall–Kier alpha value is -1.06. The fourth-order valence-corrected chi connectivity index (χ4v) is 2.29. The van der Waals surface area contributed by atoms with Crippen molar-refractivity contribution in [3.63, 3.8) is 0 Å². The van der Waals surface area contributed by atoms with Crippen LogP contribution >= 0.6 is 23.2 Å². The molecule has 0 saturated carbocycles. The maximum Gasteiger partial charge on any atom is 0.137 e. The average Bonchev–Trinajstić information content (AvgIpc) is 2.84. The van der Waals surface area contributed by atoms with E-state index in [2.05, 4.69) is 10.1 Å². The predicted molar refractivity (Wildman–Crippen MR) is 74.1 cm³/mol. The summed E-state index contributed by atoms with van der Waals surface area (Å²) < 4.78 is 1.87. The quantitative estimate of drug-likeness (QED) is 0.783. The van der Waals surface area contributed by atoms with Crippen LogP contribution in [0.4, 0.5) is 0 Å². The lowest BCUT2D eigenvalue weighted by molar-refractivity contribution is 0.419. The Morgan fingerprint density at radius 3 is 2.56 bits per heavy atom. The molecule has 2 aromatic rings. The van der Waals surface area contributed by atoms with Gasteiger partial charge in [-0.15, -0.1) is 11.6 Å². The standard InChI is InChI=1S/C13H15Cl2N3/c1-10(14)6-13(18-9-16-8-17-18)7-11-2-4-12(15)5-3-11/h2-5,8-10,13H,6-7H2,1H3. The van der Waals surface area contributed by atoms with Crippen molar-refractivity contribution < 1.29 is 0 Å². The Bertz CT molecular complexity index is 465. The Morgan fingerprint density at radius 1 is 1.28 bits per heavy atom. The summed E-state index contributed by atoms with van der Waals surface area (Å²) in [6.07, 6.45) is 5.01. The SMILES string of the molecule is CC(Cl)CC(Cc1ccc(Cl)cc1)n1cncn1. The van der Waals surface area contributed by atoms with Crippen molar-refractivity contribution in [1.82, 2.24) is 14.8 Å². The van der Waals surface area contributed by atoms with Crippen LogP contribution in [0.5, 0.6) is 0 Å². The van der Waals surface area contributed by atoms with Crippen molar-refractivity contribution in [3.05, 3.63) is 47.5 Å². The first kappa shape index (κ1) is 13.4. The van der Waals surface area contributed by atoms with Crippen LogP contribution in [0.3, 0.4) is 0 Å². The van der Waals surface area contributed by atoms with Gasteiger partial charge >= 0.3 is 0 Å². The normalized spacial score (nSPS) is 14.4. The van der Waals surface area contributed by atoms with Gasteiger partial charge in [-0.2, -0.15) is 5.10 Å². The number of nitrogens with zero attached hydrogens (tertiary/aromatic N) is 3. The Morgan fingerprint density at radius 2 is 2.00 bits per heavy atom. The third kappa shape index (κ3) is 3.72. The van der Waals surface area contributed by atoms with Crippen LogP contribution in [-0.2, 0) is 6.42 Å². The van der Waals surface area contributed by atoms with Gasteiger partial charge in [-0.3, -0.25) is 0 Å². The topological polar surface area (TPSA) is 30.7 Å². The van der Waals surface area contributed by atoms with Crippen LogP contribution in [0.2, 0.25) is 5.02 Å². The number of hydrogen-bond acceptors (Lipinski definition) is 2. The van der Waals surface area contributed by atoms with Gasteiger partial charge in [0.15, 0.2) is 0 Å². The largest absolute Gasteiger partial charge is 0.250 e. The van der Waals surface area contributed by atoms with Crippen molar-refractivity contribution in [2.75, 3.05) is 0 Å². The van der Waals surface area contributed by atoms with Crippen LogP contribution in [0.1, 0.15) is 24.9 Å². The van der Waals surface area contributed by atoms with E-state index >= 15 is 0 Å². The van der Waals surface area contributed by atoms with Crippen LogP contribution in [-0.4, -0.2) is 20.1 Å². The van der Waals surface area contributed by atoms with E-state index in [1.807, 2.05) is 35.9 Å². The van der Waals surface area contributed by atoms with E-state index in [1.165, 1.54) is 5.56 Å². The van der Waals surface area contributed by atoms with Crippen molar-refractivity contribution >= 4 is 23.2 Å². The van der Waals surface area contributed by atoms with Gasteiger partial charge in [0, 0.05) is 10.4 Å². The van der Waals surface area contributed by atoms with E-state index in [0.29, 0.717) is 0 Å². The fourth-order valence-electron chi connectivity index (χ4n) is 1.96. The molecule has 0 fully saturated rings. The molecular formula is C13H15Cl2N3. The van der Waals surface area contributed by atoms with Gasteiger partial charge in [0.2, 0.25) is 0 Å². The summed E-state index contributed by atoms with van der Waals surface area (Å²) in [6, 6.07) is 8.09. The lowest BCUT2D eigenvalue weighted by atomic mass is 10.0. The maximum absolute atomic E-state index is 6.10. The second-order valence-corrected chi connectivity index (χ2v) is 5.56. The second kappa shape index (κ2) is 6.21. The minimum atomic E-state index is 0.103. The summed E-state index contributed by atoms with van der Waals surface area (Å²) in [5.74, 6) is 0. The number of halogens is 2. The summed E-state index contributed by atoms with van der Waals surface area (Å²) in [6.45, 7) is 1.99. The zero-order valence-electron chi connectivity index (χ0n) is 10.1. The van der Waals surface area contributed by atoms with Gasteiger partial charge < -0.3 is 0 Å². The molecule has 1 aromatic heterocycles. The lowest BCUT2D eigenvalue weighted by Crippen LogP contribution is -2.16. The Labute approximate surface area is 117 Å². The van der Waals surface area contributed by atoms with E-state index in [4.69, 9.17) is 23.2 Å². The summed E-state index contributed by atoms with van der Waals surface area (Å²) in [5.41, 5.74) is 1.22. The van der Waals surface area contributed by atoms with E-state index in [-0.39, 0.29) is 11.4 Å². The van der Waals surface area contributed by atoms with Crippen molar-refractivity contribution in [3.8, 4) is 0 Å². The van der Waals surface area contributed by atoms with E-state index < -0.39 is 0 Å². The van der Waals surface area contributed by atoms with E-state index in [1.54, 1.807) is 12.7 Å². The summed E-state index contributed by atoms with van der Waals surface area (Å²) in [4.78, 5) is 3.99. The highest BCUT2D eigenvalue weighted by molar-refractivity contribution is 6.30. The molecule has 1 heterocycles. The van der Waals surface area contributed by atoms with Gasteiger partial charge in [-0.05, 0) is 37.5 Å². The van der Waals surface area contributed by atoms with Crippen LogP contribution < -0.4 is 0 Å². The highest BCUT2D eigenvalue weighted by atomic mass is 35.5. The molecule has 0 aliphatic carbocycles. The molecule has 1 aromatic carbocycles. The molecular weight excluding hydrogens is 269 g/mol. The van der Waals surface area contributed by atoms with E-state index in [9.17, 15) is 0 Å². The van der Waals surface area contributed by atoms with Crippen LogP contribution in [0.15, 0.2) is 36.9 Å². The molecule has 0 amide bonds. The van der Waals surface area contributed by atoms with Crippen molar-refractivity contribution in [1.29, 1.82) is 0 Å². The van der Waals surface area contributed by atoms with Crippen LogP contribution in [0, 0.1) is 0 Å². The molecule has 0 aliphatic heterocycles. The molecule has 2 rings (SSSR count). The zero-order valence-corrected chi connectivity index (χ0v) is 11.6. The first-order valence-corrected chi connectivity index (χ1v) is 6.69. The molecule has 3 nitrogen and oxygen atoms in total. The molecule has 0 spiro atoms. The van der Waals surface area contributed by atoms with Gasteiger partial charge in [0.1, 0.15) is 12.7 Å². The third-order valence-electron chi connectivity index (χ3n) is 2.79. The Kier molecular flexibility index (Phi) is 4.61. The number of hydrogen-bond donors (Lipinski definition) is 0. The van der Waals surface area contributed by atoms with Gasteiger partial charge in [0.05, 0.1) is 6.04 Å². The average molecular weight is 284 g/mol. The van der Waals surface area contributed by atoms with Crippen LogP contribution in [0.25, 0.3) is 0 Å². The molecule has 0 bridgehead atoms. The summed E-state index contributed by atoms with van der Waals surface area (Å²) >= 11 is 12.0. The molecule has 5 heteroatoms. The highest BCUT2D eigenvalue weighted by Gasteiger charge is 2.15. The van der Waals surface area contributed by atoms with Gasteiger partial charge in [-0.1, -0.05) is 23.7 Å². The lowest BCUT2D eigenvalue weighted by Gasteiger charge is -2.18. The molecule has 18 heavy (non-hydrogen) atoms. The first-order chi connectivity index (χ1) is 8.65. The van der Waals surface area contributed by atoms with Gasteiger partial charge in [-0.25, -0.2) is 9.67 Å². The minimum absolute atomic E-state index is 0.103. The minimum Gasteiger partial charge on any atom is -0.250 e. The molecule has 0 radical (unpaired) electrons. The third-order valence-corrected chi connectivity index (χ3v) is 3.22.